The fourth-order valence-electron chi connectivity index (χ4n) is 2.39. The number of nitrogens with one attached hydrogen (secondary N) is 2. The van der Waals surface area contributed by atoms with Crippen LogP contribution in [0.3, 0.4) is 0 Å². The van der Waals surface area contributed by atoms with Crippen molar-refractivity contribution in [2.45, 2.75) is 6.92 Å². The Kier molecular flexibility index (Phi) is 4.43. The Labute approximate surface area is 139 Å². The van der Waals surface area contributed by atoms with E-state index in [-0.39, 0.29) is 5.91 Å². The van der Waals surface area contributed by atoms with Crippen molar-refractivity contribution in [3.8, 4) is 5.75 Å². The van der Waals surface area contributed by atoms with E-state index in [1.807, 2.05) is 42.5 Å². The molecule has 0 saturated heterocycles. The molecule has 0 fully saturated rings. The summed E-state index contributed by atoms with van der Waals surface area (Å²) in [5.41, 5.74) is 1.33. The summed E-state index contributed by atoms with van der Waals surface area (Å²) in [6, 6.07) is 20.0. The Morgan fingerprint density at radius 1 is 0.833 bits per heavy atom. The lowest BCUT2D eigenvalue weighted by Crippen LogP contribution is -2.17. The van der Waals surface area contributed by atoms with Crippen LogP contribution in [0.5, 0.6) is 5.75 Å². The molecule has 0 heterocycles. The predicted molar refractivity (Wildman–Crippen MR) is 94.3 cm³/mol. The molecular formula is C19H16N2O3. The molecular weight excluding hydrogens is 304 g/mol. The van der Waals surface area contributed by atoms with Crippen molar-refractivity contribution >= 4 is 34.1 Å². The SMILES string of the molecule is CC(=O)Nc1ccc(OC(=O)Nc2cccc3ccccc23)cc1. The van der Waals surface area contributed by atoms with Crippen molar-refractivity contribution < 1.29 is 14.3 Å². The van der Waals surface area contributed by atoms with Gasteiger partial charge in [-0.2, -0.15) is 0 Å². The number of amides is 2. The van der Waals surface area contributed by atoms with Gasteiger partial charge in [0.25, 0.3) is 0 Å². The third-order valence-electron chi connectivity index (χ3n) is 3.41. The molecule has 5 nitrogen and oxygen atoms in total. The van der Waals surface area contributed by atoms with Gasteiger partial charge in [-0.3, -0.25) is 10.1 Å². The summed E-state index contributed by atoms with van der Waals surface area (Å²) in [5.74, 6) is 0.235. The van der Waals surface area contributed by atoms with E-state index in [9.17, 15) is 9.59 Å². The quantitative estimate of drug-likeness (QED) is 0.751. The number of rotatable bonds is 3. The first-order valence-electron chi connectivity index (χ1n) is 7.46. The second-order valence-electron chi connectivity index (χ2n) is 5.25. The minimum Gasteiger partial charge on any atom is -0.410 e. The summed E-state index contributed by atoms with van der Waals surface area (Å²) in [6.45, 7) is 1.43. The lowest BCUT2D eigenvalue weighted by atomic mass is 10.1. The maximum atomic E-state index is 12.1. The van der Waals surface area contributed by atoms with Crippen LogP contribution in [0.2, 0.25) is 0 Å². The van der Waals surface area contributed by atoms with Crippen molar-refractivity contribution in [2.75, 3.05) is 10.6 Å². The van der Waals surface area contributed by atoms with Crippen LogP contribution in [0, 0.1) is 0 Å². The molecule has 0 aromatic heterocycles. The van der Waals surface area contributed by atoms with Crippen LogP contribution in [-0.2, 0) is 4.79 Å². The van der Waals surface area contributed by atoms with Gasteiger partial charge >= 0.3 is 6.09 Å². The monoisotopic (exact) mass is 320 g/mol. The zero-order valence-corrected chi connectivity index (χ0v) is 13.1. The second-order valence-corrected chi connectivity index (χ2v) is 5.25. The van der Waals surface area contributed by atoms with Crippen LogP contribution in [0.15, 0.2) is 66.7 Å². The summed E-state index contributed by atoms with van der Waals surface area (Å²) >= 11 is 0. The number of benzene rings is 3. The highest BCUT2D eigenvalue weighted by Gasteiger charge is 2.08. The van der Waals surface area contributed by atoms with Gasteiger partial charge in [-0.25, -0.2) is 4.79 Å². The van der Waals surface area contributed by atoms with Crippen molar-refractivity contribution in [3.63, 3.8) is 0 Å². The first kappa shape index (κ1) is 15.6. The van der Waals surface area contributed by atoms with Gasteiger partial charge in [-0.15, -0.1) is 0 Å². The van der Waals surface area contributed by atoms with Crippen molar-refractivity contribution in [3.05, 3.63) is 66.7 Å². The van der Waals surface area contributed by atoms with E-state index in [1.165, 1.54) is 6.92 Å². The number of carbonyl (C=O) groups excluding carboxylic acids is 2. The molecule has 2 amide bonds. The first-order valence-corrected chi connectivity index (χ1v) is 7.46. The van der Waals surface area contributed by atoms with Crippen LogP contribution in [0.1, 0.15) is 6.92 Å². The molecule has 2 N–H and O–H groups in total. The third kappa shape index (κ3) is 3.70. The second kappa shape index (κ2) is 6.83. The summed E-state index contributed by atoms with van der Waals surface area (Å²) in [5, 5.41) is 7.38. The van der Waals surface area contributed by atoms with E-state index in [0.29, 0.717) is 17.1 Å². The molecule has 3 aromatic carbocycles. The summed E-state index contributed by atoms with van der Waals surface area (Å²) in [6.07, 6.45) is -0.571. The van der Waals surface area contributed by atoms with Gasteiger partial charge in [-0.1, -0.05) is 36.4 Å². The molecule has 0 atom stereocenters. The molecule has 5 heteroatoms. The molecule has 0 saturated carbocycles. The van der Waals surface area contributed by atoms with Crippen LogP contribution >= 0.6 is 0 Å². The Bertz CT molecular complexity index is 883. The van der Waals surface area contributed by atoms with E-state index in [0.717, 1.165) is 10.8 Å². The highest BCUT2D eigenvalue weighted by atomic mass is 16.6. The maximum Gasteiger partial charge on any atom is 0.417 e. The van der Waals surface area contributed by atoms with E-state index < -0.39 is 6.09 Å². The smallest absolute Gasteiger partial charge is 0.410 e. The minimum absolute atomic E-state index is 0.155. The molecule has 0 bridgehead atoms. The highest BCUT2D eigenvalue weighted by molar-refractivity contribution is 6.00. The molecule has 0 unspecified atom stereocenters. The zero-order valence-electron chi connectivity index (χ0n) is 13.1. The van der Waals surface area contributed by atoms with Crippen molar-refractivity contribution in [2.24, 2.45) is 0 Å². The molecule has 0 spiro atoms. The zero-order chi connectivity index (χ0) is 16.9. The van der Waals surface area contributed by atoms with E-state index in [1.54, 1.807) is 24.3 Å². The Hall–Kier alpha value is -3.34. The average Bonchev–Trinajstić information content (AvgIpc) is 2.56. The van der Waals surface area contributed by atoms with Crippen LogP contribution in [0.25, 0.3) is 10.8 Å². The number of hydrogen-bond acceptors (Lipinski definition) is 3. The van der Waals surface area contributed by atoms with Gasteiger partial charge < -0.3 is 10.1 Å². The molecule has 0 radical (unpaired) electrons. The molecule has 3 aromatic rings. The first-order chi connectivity index (χ1) is 11.6. The van der Waals surface area contributed by atoms with E-state index >= 15 is 0 Å². The number of fused-ring (bicyclic) bond motifs is 1. The van der Waals surface area contributed by atoms with Crippen LogP contribution in [0.4, 0.5) is 16.2 Å². The molecule has 24 heavy (non-hydrogen) atoms. The van der Waals surface area contributed by atoms with E-state index in [4.69, 9.17) is 4.74 Å². The largest absolute Gasteiger partial charge is 0.417 e. The van der Waals surface area contributed by atoms with Crippen LogP contribution in [-0.4, -0.2) is 12.0 Å². The number of carbonyl (C=O) groups is 2. The van der Waals surface area contributed by atoms with Gasteiger partial charge in [0.1, 0.15) is 5.75 Å². The normalized spacial score (nSPS) is 10.2. The number of hydrogen-bond donors (Lipinski definition) is 2. The molecule has 0 aliphatic rings. The third-order valence-corrected chi connectivity index (χ3v) is 3.41. The Balaban J connectivity index is 1.70. The molecule has 0 aliphatic heterocycles. The Morgan fingerprint density at radius 3 is 2.29 bits per heavy atom. The number of anilines is 2. The topological polar surface area (TPSA) is 67.4 Å². The predicted octanol–water partition coefficient (Wildman–Crippen LogP) is 4.41. The molecule has 3 rings (SSSR count). The summed E-state index contributed by atoms with van der Waals surface area (Å²) in [7, 11) is 0. The van der Waals surface area contributed by atoms with Crippen LogP contribution < -0.4 is 15.4 Å². The number of ether oxygens (including phenoxy) is 1. The highest BCUT2D eigenvalue weighted by Crippen LogP contribution is 2.23. The van der Waals surface area contributed by atoms with Gasteiger partial charge in [0.05, 0.1) is 5.69 Å². The standard InChI is InChI=1S/C19H16N2O3/c1-13(22)20-15-9-11-16(12-10-15)24-19(23)21-18-8-4-6-14-5-2-3-7-17(14)18/h2-12H,1H3,(H,20,22)(H,21,23). The summed E-state index contributed by atoms with van der Waals surface area (Å²) in [4.78, 5) is 23.1. The maximum absolute atomic E-state index is 12.1. The lowest BCUT2D eigenvalue weighted by molar-refractivity contribution is -0.114. The van der Waals surface area contributed by atoms with Crippen molar-refractivity contribution in [1.82, 2.24) is 0 Å². The fourth-order valence-corrected chi connectivity index (χ4v) is 2.39. The minimum atomic E-state index is -0.571. The molecule has 0 aliphatic carbocycles. The average molecular weight is 320 g/mol. The fraction of sp³-hybridized carbons (Fsp3) is 0.0526. The van der Waals surface area contributed by atoms with E-state index in [2.05, 4.69) is 10.6 Å². The Morgan fingerprint density at radius 2 is 1.54 bits per heavy atom. The summed E-state index contributed by atoms with van der Waals surface area (Å²) < 4.78 is 5.26. The lowest BCUT2D eigenvalue weighted by Gasteiger charge is -2.10. The van der Waals surface area contributed by atoms with Gasteiger partial charge in [0.2, 0.25) is 5.91 Å². The van der Waals surface area contributed by atoms with Crippen molar-refractivity contribution in [1.29, 1.82) is 0 Å². The van der Waals surface area contributed by atoms with Gasteiger partial charge in [0.15, 0.2) is 0 Å². The molecule has 120 valence electrons. The van der Waals surface area contributed by atoms with Gasteiger partial charge in [-0.05, 0) is 35.7 Å². The van der Waals surface area contributed by atoms with Gasteiger partial charge in [0, 0.05) is 18.0 Å².